The highest BCUT2D eigenvalue weighted by atomic mass is 16.3. The third-order valence-electron chi connectivity index (χ3n) is 2.94. The van der Waals surface area contributed by atoms with Gasteiger partial charge in [0.15, 0.2) is 0 Å². The number of hydrogen-bond donors (Lipinski definition) is 2. The number of carbonyl (C=O) groups is 1. The highest BCUT2D eigenvalue weighted by Gasteiger charge is 2.05. The summed E-state index contributed by atoms with van der Waals surface area (Å²) >= 11 is 0. The van der Waals surface area contributed by atoms with Gasteiger partial charge in [0.1, 0.15) is 5.75 Å². The van der Waals surface area contributed by atoms with Crippen LogP contribution in [0.3, 0.4) is 0 Å². The average Bonchev–Trinajstić information content (AvgIpc) is 2.41. The minimum atomic E-state index is 0.0821. The predicted molar refractivity (Wildman–Crippen MR) is 80.2 cm³/mol. The number of benzene rings is 2. The molecular formula is C16H18N2O2. The molecule has 0 heterocycles. The Morgan fingerprint density at radius 1 is 1.10 bits per heavy atom. The predicted octanol–water partition coefficient (Wildman–Crippen LogP) is 2.77. The summed E-state index contributed by atoms with van der Waals surface area (Å²) < 4.78 is 0. The van der Waals surface area contributed by atoms with E-state index in [0.29, 0.717) is 6.42 Å². The van der Waals surface area contributed by atoms with E-state index in [1.807, 2.05) is 30.3 Å². The largest absolute Gasteiger partial charge is 0.508 e. The minimum Gasteiger partial charge on any atom is -0.508 e. The number of nitrogens with zero attached hydrogens (tertiary/aromatic N) is 1. The third-order valence-corrected chi connectivity index (χ3v) is 2.94. The Morgan fingerprint density at radius 2 is 1.80 bits per heavy atom. The second-order valence-electron chi connectivity index (χ2n) is 4.84. The zero-order valence-electron chi connectivity index (χ0n) is 11.6. The fourth-order valence-electron chi connectivity index (χ4n) is 1.79. The summed E-state index contributed by atoms with van der Waals surface area (Å²) in [5.74, 6) is 0.307. The van der Waals surface area contributed by atoms with Crippen LogP contribution in [0.15, 0.2) is 48.5 Å². The quantitative estimate of drug-likeness (QED) is 0.898. The maximum atomic E-state index is 11.6. The molecule has 2 N–H and O–H groups in total. The SMILES string of the molecule is CN(C)C(=O)Cc1ccc(Nc2cccc(O)c2)cc1. The van der Waals surface area contributed by atoms with Crippen LogP contribution in [0.25, 0.3) is 0 Å². The maximum absolute atomic E-state index is 11.6. The fourth-order valence-corrected chi connectivity index (χ4v) is 1.79. The lowest BCUT2D eigenvalue weighted by atomic mass is 10.1. The second-order valence-corrected chi connectivity index (χ2v) is 4.84. The molecular weight excluding hydrogens is 252 g/mol. The molecule has 2 rings (SSSR count). The first-order chi connectivity index (χ1) is 9.54. The van der Waals surface area contributed by atoms with Crippen molar-refractivity contribution in [3.63, 3.8) is 0 Å². The molecule has 4 heteroatoms. The molecule has 0 atom stereocenters. The van der Waals surface area contributed by atoms with Crippen molar-refractivity contribution in [2.75, 3.05) is 19.4 Å². The molecule has 0 saturated carbocycles. The summed E-state index contributed by atoms with van der Waals surface area (Å²) in [6.07, 6.45) is 0.402. The molecule has 104 valence electrons. The molecule has 0 aliphatic carbocycles. The Morgan fingerprint density at radius 3 is 2.40 bits per heavy atom. The first-order valence-electron chi connectivity index (χ1n) is 6.40. The molecule has 0 aromatic heterocycles. The Bertz CT molecular complexity index is 592. The standard InChI is InChI=1S/C16H18N2O2/c1-18(2)16(20)10-12-6-8-13(9-7-12)17-14-4-3-5-15(19)11-14/h3-9,11,17,19H,10H2,1-2H3. The summed E-state index contributed by atoms with van der Waals surface area (Å²) in [6, 6.07) is 14.6. The van der Waals surface area contributed by atoms with E-state index in [1.165, 1.54) is 0 Å². The van der Waals surface area contributed by atoms with Crippen molar-refractivity contribution in [3.8, 4) is 5.75 Å². The fraction of sp³-hybridized carbons (Fsp3) is 0.188. The van der Waals surface area contributed by atoms with Crippen LogP contribution in [0.5, 0.6) is 5.75 Å². The van der Waals surface area contributed by atoms with Crippen molar-refractivity contribution in [1.29, 1.82) is 0 Å². The van der Waals surface area contributed by atoms with E-state index in [0.717, 1.165) is 16.9 Å². The summed E-state index contributed by atoms with van der Waals surface area (Å²) in [5, 5.41) is 12.6. The van der Waals surface area contributed by atoms with Crippen LogP contribution >= 0.6 is 0 Å². The molecule has 1 amide bonds. The zero-order valence-corrected chi connectivity index (χ0v) is 11.6. The highest BCUT2D eigenvalue weighted by Crippen LogP contribution is 2.20. The zero-order chi connectivity index (χ0) is 14.5. The molecule has 20 heavy (non-hydrogen) atoms. The Hall–Kier alpha value is -2.49. The average molecular weight is 270 g/mol. The number of rotatable bonds is 4. The lowest BCUT2D eigenvalue weighted by Gasteiger charge is -2.11. The van der Waals surface area contributed by atoms with Crippen molar-refractivity contribution in [3.05, 3.63) is 54.1 Å². The van der Waals surface area contributed by atoms with Crippen LogP contribution in [-0.4, -0.2) is 30.0 Å². The van der Waals surface area contributed by atoms with E-state index in [4.69, 9.17) is 0 Å². The summed E-state index contributed by atoms with van der Waals surface area (Å²) in [4.78, 5) is 13.2. The number of aromatic hydroxyl groups is 1. The Labute approximate surface area is 118 Å². The molecule has 2 aromatic carbocycles. The number of amides is 1. The Kier molecular flexibility index (Phi) is 4.25. The number of phenols is 1. The topological polar surface area (TPSA) is 52.6 Å². The number of nitrogens with one attached hydrogen (secondary N) is 1. The molecule has 2 aromatic rings. The van der Waals surface area contributed by atoms with Gasteiger partial charge in [-0.1, -0.05) is 18.2 Å². The van der Waals surface area contributed by atoms with Crippen molar-refractivity contribution < 1.29 is 9.90 Å². The van der Waals surface area contributed by atoms with E-state index in [2.05, 4.69) is 5.32 Å². The van der Waals surface area contributed by atoms with Crippen molar-refractivity contribution >= 4 is 17.3 Å². The van der Waals surface area contributed by atoms with Gasteiger partial charge in [0.25, 0.3) is 0 Å². The van der Waals surface area contributed by atoms with E-state index < -0.39 is 0 Å². The lowest BCUT2D eigenvalue weighted by Crippen LogP contribution is -2.23. The van der Waals surface area contributed by atoms with Crippen LogP contribution in [0, 0.1) is 0 Å². The van der Waals surface area contributed by atoms with Gasteiger partial charge >= 0.3 is 0 Å². The van der Waals surface area contributed by atoms with Crippen molar-refractivity contribution in [2.45, 2.75) is 6.42 Å². The lowest BCUT2D eigenvalue weighted by molar-refractivity contribution is -0.127. The van der Waals surface area contributed by atoms with Crippen LogP contribution < -0.4 is 5.32 Å². The van der Waals surface area contributed by atoms with E-state index >= 15 is 0 Å². The molecule has 4 nitrogen and oxygen atoms in total. The highest BCUT2D eigenvalue weighted by molar-refractivity contribution is 5.78. The molecule has 0 radical (unpaired) electrons. The van der Waals surface area contributed by atoms with Crippen LogP contribution in [-0.2, 0) is 11.2 Å². The van der Waals surface area contributed by atoms with Gasteiger partial charge in [-0.2, -0.15) is 0 Å². The first-order valence-corrected chi connectivity index (χ1v) is 6.40. The molecule has 0 unspecified atom stereocenters. The van der Waals surface area contributed by atoms with Gasteiger partial charge < -0.3 is 15.3 Å². The van der Waals surface area contributed by atoms with E-state index in [9.17, 15) is 9.90 Å². The summed E-state index contributed by atoms with van der Waals surface area (Å²) in [5.41, 5.74) is 2.71. The normalized spacial score (nSPS) is 10.1. The van der Waals surface area contributed by atoms with Crippen molar-refractivity contribution in [1.82, 2.24) is 4.90 Å². The van der Waals surface area contributed by atoms with E-state index in [1.54, 1.807) is 37.2 Å². The molecule has 0 saturated heterocycles. The van der Waals surface area contributed by atoms with Gasteiger partial charge in [-0.3, -0.25) is 4.79 Å². The second kappa shape index (κ2) is 6.10. The maximum Gasteiger partial charge on any atom is 0.226 e. The first kappa shape index (κ1) is 13.9. The monoisotopic (exact) mass is 270 g/mol. The minimum absolute atomic E-state index is 0.0821. The van der Waals surface area contributed by atoms with Gasteiger partial charge in [-0.25, -0.2) is 0 Å². The molecule has 0 aliphatic heterocycles. The van der Waals surface area contributed by atoms with Gasteiger partial charge in [0.2, 0.25) is 5.91 Å². The number of carbonyl (C=O) groups excluding carboxylic acids is 1. The smallest absolute Gasteiger partial charge is 0.226 e. The van der Waals surface area contributed by atoms with Crippen LogP contribution in [0.1, 0.15) is 5.56 Å². The van der Waals surface area contributed by atoms with Crippen molar-refractivity contribution in [2.24, 2.45) is 0 Å². The molecule has 0 bridgehead atoms. The number of phenolic OH excluding ortho intramolecular Hbond substituents is 1. The molecule has 0 fully saturated rings. The number of hydrogen-bond acceptors (Lipinski definition) is 3. The van der Waals surface area contributed by atoms with E-state index in [-0.39, 0.29) is 11.7 Å². The van der Waals surface area contributed by atoms with Gasteiger partial charge in [0.05, 0.1) is 6.42 Å². The van der Waals surface area contributed by atoms with Gasteiger partial charge in [-0.05, 0) is 29.8 Å². The summed E-state index contributed by atoms with van der Waals surface area (Å²) in [7, 11) is 3.50. The summed E-state index contributed by atoms with van der Waals surface area (Å²) in [6.45, 7) is 0. The van der Waals surface area contributed by atoms with Crippen LogP contribution in [0.4, 0.5) is 11.4 Å². The van der Waals surface area contributed by atoms with Crippen LogP contribution in [0.2, 0.25) is 0 Å². The molecule has 0 aliphatic rings. The number of anilines is 2. The van der Waals surface area contributed by atoms with Gasteiger partial charge in [-0.15, -0.1) is 0 Å². The third kappa shape index (κ3) is 3.75. The molecule has 0 spiro atoms. The number of likely N-dealkylation sites (N-methyl/N-ethyl adjacent to an activating group) is 1. The Balaban J connectivity index is 2.03. The van der Waals surface area contributed by atoms with Gasteiger partial charge in [0, 0.05) is 31.5 Å².